The number of pyridine rings is 1. The van der Waals surface area contributed by atoms with Crippen LogP contribution in [-0.4, -0.2) is 69.0 Å². The zero-order chi connectivity index (χ0) is 17.3. The Bertz CT molecular complexity index is 819. The van der Waals surface area contributed by atoms with Gasteiger partial charge in [0.25, 0.3) is 0 Å². The number of methoxy groups -OCH3 is 1. The van der Waals surface area contributed by atoms with Crippen molar-refractivity contribution in [2.45, 2.75) is 23.5 Å². The van der Waals surface area contributed by atoms with Gasteiger partial charge in [0.2, 0.25) is 10.0 Å². The van der Waals surface area contributed by atoms with E-state index < -0.39 is 10.0 Å². The third kappa shape index (κ3) is 3.17. The van der Waals surface area contributed by atoms with Gasteiger partial charge in [-0.25, -0.2) is 8.42 Å². The van der Waals surface area contributed by atoms with E-state index in [9.17, 15) is 8.42 Å². The minimum absolute atomic E-state index is 0.151. The fourth-order valence-corrected chi connectivity index (χ4v) is 4.63. The van der Waals surface area contributed by atoms with E-state index in [2.05, 4.69) is 9.88 Å². The summed E-state index contributed by atoms with van der Waals surface area (Å²) in [7, 11) is 1.73. The first kappa shape index (κ1) is 17.3. The molecule has 24 heavy (non-hydrogen) atoms. The molecule has 2 heterocycles. The lowest BCUT2D eigenvalue weighted by atomic mass is 10.2. The van der Waals surface area contributed by atoms with Crippen LogP contribution in [0.25, 0.3) is 10.9 Å². The highest BCUT2D eigenvalue weighted by atomic mass is 32.2. The average molecular weight is 349 g/mol. The standard InChI is InChI=1S/C17H23N3O3S/c1-19-12-15(23-3)10-14(19)11-20(2)24(21,22)16-8-4-6-13-7-5-9-18-17(13)16/h4-9,14-15H,10-12H2,1-3H3/t14-,15-/m0/s1. The van der Waals surface area contributed by atoms with Crippen LogP contribution in [0.3, 0.4) is 0 Å². The average Bonchev–Trinajstić information content (AvgIpc) is 2.94. The first-order valence-electron chi connectivity index (χ1n) is 7.96. The Kier molecular flexibility index (Phi) is 4.87. The maximum Gasteiger partial charge on any atom is 0.245 e. The lowest BCUT2D eigenvalue weighted by molar-refractivity contribution is 0.111. The molecule has 1 aromatic heterocycles. The van der Waals surface area contributed by atoms with Gasteiger partial charge in [0.05, 0.1) is 11.6 Å². The third-order valence-corrected chi connectivity index (χ3v) is 6.59. The number of likely N-dealkylation sites (tertiary alicyclic amines) is 1. The van der Waals surface area contributed by atoms with Gasteiger partial charge in [0.15, 0.2) is 0 Å². The Morgan fingerprint density at radius 1 is 1.33 bits per heavy atom. The SMILES string of the molecule is CO[C@H]1C[C@@H](CN(C)S(=O)(=O)c2cccc3cccnc23)N(C)C1. The molecule has 2 atom stereocenters. The number of fused-ring (bicyclic) bond motifs is 1. The maximum atomic E-state index is 13.0. The zero-order valence-corrected chi connectivity index (χ0v) is 15.0. The second-order valence-electron chi connectivity index (χ2n) is 6.30. The molecule has 2 aromatic rings. The summed E-state index contributed by atoms with van der Waals surface area (Å²) >= 11 is 0. The Morgan fingerprint density at radius 3 is 2.79 bits per heavy atom. The molecule has 0 aliphatic carbocycles. The number of rotatable bonds is 5. The van der Waals surface area contributed by atoms with Crippen LogP contribution in [0, 0.1) is 0 Å². The zero-order valence-electron chi connectivity index (χ0n) is 14.2. The van der Waals surface area contributed by atoms with Gasteiger partial charge in [-0.05, 0) is 25.6 Å². The van der Waals surface area contributed by atoms with Gasteiger partial charge in [0, 0.05) is 44.9 Å². The fraction of sp³-hybridized carbons (Fsp3) is 0.471. The molecule has 0 N–H and O–H groups in total. The molecular formula is C17H23N3O3S. The second kappa shape index (κ2) is 6.76. The molecule has 130 valence electrons. The van der Waals surface area contributed by atoms with Gasteiger partial charge in [-0.2, -0.15) is 4.31 Å². The van der Waals surface area contributed by atoms with Crippen LogP contribution in [-0.2, 0) is 14.8 Å². The number of hydrogen-bond acceptors (Lipinski definition) is 5. The summed E-state index contributed by atoms with van der Waals surface area (Å²) < 4.78 is 32.9. The Morgan fingerprint density at radius 2 is 2.08 bits per heavy atom. The van der Waals surface area contributed by atoms with E-state index in [1.807, 2.05) is 19.2 Å². The smallest absolute Gasteiger partial charge is 0.245 e. The summed E-state index contributed by atoms with van der Waals surface area (Å²) in [6, 6.07) is 9.08. The van der Waals surface area contributed by atoms with Crippen molar-refractivity contribution in [3.63, 3.8) is 0 Å². The third-order valence-electron chi connectivity index (χ3n) is 4.74. The Labute approximate surface area is 143 Å². The highest BCUT2D eigenvalue weighted by Crippen LogP contribution is 2.25. The molecule has 6 nitrogen and oxygen atoms in total. The lowest BCUT2D eigenvalue weighted by Crippen LogP contribution is -2.39. The molecular weight excluding hydrogens is 326 g/mol. The van der Waals surface area contributed by atoms with Gasteiger partial charge in [-0.1, -0.05) is 18.2 Å². The van der Waals surface area contributed by atoms with Crippen LogP contribution in [0.2, 0.25) is 0 Å². The number of hydrogen-bond donors (Lipinski definition) is 0. The first-order chi connectivity index (χ1) is 11.4. The fourth-order valence-electron chi connectivity index (χ4n) is 3.26. The van der Waals surface area contributed by atoms with Crippen molar-refractivity contribution >= 4 is 20.9 Å². The van der Waals surface area contributed by atoms with Crippen LogP contribution >= 0.6 is 0 Å². The van der Waals surface area contributed by atoms with Gasteiger partial charge in [0.1, 0.15) is 4.90 Å². The van der Waals surface area contributed by atoms with Crippen LogP contribution in [0.5, 0.6) is 0 Å². The van der Waals surface area contributed by atoms with Gasteiger partial charge in [-0.15, -0.1) is 0 Å². The number of aromatic nitrogens is 1. The van der Waals surface area contributed by atoms with Crippen molar-refractivity contribution in [3.8, 4) is 0 Å². The lowest BCUT2D eigenvalue weighted by Gasteiger charge is -2.25. The number of ether oxygens (including phenoxy) is 1. The summed E-state index contributed by atoms with van der Waals surface area (Å²) in [5.74, 6) is 0. The van der Waals surface area contributed by atoms with Gasteiger partial charge < -0.3 is 4.74 Å². The number of nitrogens with zero attached hydrogens (tertiary/aromatic N) is 3. The number of para-hydroxylation sites is 1. The largest absolute Gasteiger partial charge is 0.380 e. The van der Waals surface area contributed by atoms with Crippen LogP contribution in [0.1, 0.15) is 6.42 Å². The topological polar surface area (TPSA) is 62.7 Å². The Hall–Kier alpha value is -1.54. The van der Waals surface area contributed by atoms with Crippen LogP contribution < -0.4 is 0 Å². The molecule has 0 spiro atoms. The van der Waals surface area contributed by atoms with E-state index in [1.54, 1.807) is 38.6 Å². The predicted octanol–water partition coefficient (Wildman–Crippen LogP) is 1.57. The molecule has 7 heteroatoms. The maximum absolute atomic E-state index is 13.0. The highest BCUT2D eigenvalue weighted by Gasteiger charge is 2.33. The van der Waals surface area contributed by atoms with Crippen molar-refractivity contribution in [2.24, 2.45) is 0 Å². The van der Waals surface area contributed by atoms with Crippen LogP contribution in [0.4, 0.5) is 0 Å². The highest BCUT2D eigenvalue weighted by molar-refractivity contribution is 7.89. The molecule has 0 bridgehead atoms. The summed E-state index contributed by atoms with van der Waals surface area (Å²) in [6.45, 7) is 1.26. The normalized spacial score (nSPS) is 22.5. The Balaban J connectivity index is 1.87. The van der Waals surface area contributed by atoms with Crippen molar-refractivity contribution in [1.29, 1.82) is 0 Å². The molecule has 0 amide bonds. The second-order valence-corrected chi connectivity index (χ2v) is 8.32. The molecule has 3 rings (SSSR count). The molecule has 1 aliphatic rings. The van der Waals surface area contributed by atoms with Crippen molar-refractivity contribution in [1.82, 2.24) is 14.2 Å². The van der Waals surface area contributed by atoms with E-state index in [-0.39, 0.29) is 17.0 Å². The van der Waals surface area contributed by atoms with Crippen LogP contribution in [0.15, 0.2) is 41.4 Å². The van der Waals surface area contributed by atoms with Gasteiger partial charge in [-0.3, -0.25) is 9.88 Å². The molecule has 0 saturated carbocycles. The minimum Gasteiger partial charge on any atom is -0.380 e. The van der Waals surface area contributed by atoms with E-state index in [1.165, 1.54) is 4.31 Å². The molecule has 1 aliphatic heterocycles. The summed E-state index contributed by atoms with van der Waals surface area (Å²) in [5.41, 5.74) is 0.515. The van der Waals surface area contributed by atoms with E-state index in [0.29, 0.717) is 12.1 Å². The predicted molar refractivity (Wildman–Crippen MR) is 93.4 cm³/mol. The molecule has 0 unspecified atom stereocenters. The summed E-state index contributed by atoms with van der Waals surface area (Å²) in [4.78, 5) is 6.68. The quantitative estimate of drug-likeness (QED) is 0.820. The van der Waals surface area contributed by atoms with E-state index in [4.69, 9.17) is 4.74 Å². The summed E-state index contributed by atoms with van der Waals surface area (Å²) in [5, 5.41) is 0.824. The molecule has 1 fully saturated rings. The molecule has 1 saturated heterocycles. The van der Waals surface area contributed by atoms with Gasteiger partial charge >= 0.3 is 0 Å². The van der Waals surface area contributed by atoms with Crippen molar-refractivity contribution in [2.75, 3.05) is 34.3 Å². The summed E-state index contributed by atoms with van der Waals surface area (Å²) in [6.07, 6.45) is 2.62. The van der Waals surface area contributed by atoms with Crippen molar-refractivity contribution < 1.29 is 13.2 Å². The number of benzene rings is 1. The van der Waals surface area contributed by atoms with E-state index >= 15 is 0 Å². The monoisotopic (exact) mass is 349 g/mol. The van der Waals surface area contributed by atoms with E-state index in [0.717, 1.165) is 18.4 Å². The number of sulfonamides is 1. The van der Waals surface area contributed by atoms with Crippen molar-refractivity contribution in [3.05, 3.63) is 36.5 Å². The molecule has 0 radical (unpaired) electrons. The minimum atomic E-state index is -3.60. The molecule has 1 aromatic carbocycles. The first-order valence-corrected chi connectivity index (χ1v) is 9.40. The number of likely N-dealkylation sites (N-methyl/N-ethyl adjacent to an activating group) is 2.